The number of nitrogens with zero attached hydrogens (tertiary/aromatic N) is 1. The Hall–Kier alpha value is -1.30. The van der Waals surface area contributed by atoms with Crippen molar-refractivity contribution in [2.45, 2.75) is 45.3 Å². The van der Waals surface area contributed by atoms with Crippen LogP contribution in [0.1, 0.15) is 33.6 Å². The van der Waals surface area contributed by atoms with E-state index in [4.69, 9.17) is 14.7 Å². The van der Waals surface area contributed by atoms with Gasteiger partial charge in [0.25, 0.3) is 0 Å². The first-order chi connectivity index (χ1) is 7.29. The molecule has 0 aliphatic carbocycles. The lowest BCUT2D eigenvalue weighted by Gasteiger charge is -2.31. The van der Waals surface area contributed by atoms with E-state index >= 15 is 0 Å². The molecule has 6 heteroatoms. The Kier molecular flexibility index (Phi) is 3.74. The van der Waals surface area contributed by atoms with E-state index in [9.17, 15) is 9.59 Å². The third-order valence-corrected chi connectivity index (χ3v) is 1.95. The van der Waals surface area contributed by atoms with Gasteiger partial charge in [0.05, 0.1) is 6.54 Å². The van der Waals surface area contributed by atoms with Crippen LogP contribution in [0.2, 0.25) is 0 Å². The summed E-state index contributed by atoms with van der Waals surface area (Å²) in [6.07, 6.45) is -0.593. The molecule has 0 aromatic carbocycles. The second-order valence-corrected chi connectivity index (χ2v) is 4.66. The van der Waals surface area contributed by atoms with Crippen LogP contribution < -0.4 is 0 Å². The second kappa shape index (κ2) is 4.69. The summed E-state index contributed by atoms with van der Waals surface area (Å²) in [7, 11) is 0. The highest BCUT2D eigenvalue weighted by molar-refractivity contribution is 5.73. The summed E-state index contributed by atoms with van der Waals surface area (Å²) in [5.41, 5.74) is -0.614. The van der Waals surface area contributed by atoms with Gasteiger partial charge in [-0.25, -0.2) is 9.59 Å². The molecule has 1 rings (SSSR count). The van der Waals surface area contributed by atoms with Gasteiger partial charge in [0, 0.05) is 0 Å². The number of amides is 1. The van der Waals surface area contributed by atoms with Crippen molar-refractivity contribution in [3.05, 3.63) is 0 Å². The third kappa shape index (κ3) is 3.69. The van der Waals surface area contributed by atoms with E-state index in [1.165, 1.54) is 0 Å². The van der Waals surface area contributed by atoms with Gasteiger partial charge < -0.3 is 9.84 Å². The first-order valence-corrected chi connectivity index (χ1v) is 5.20. The molecule has 1 heterocycles. The number of rotatable bonds is 1. The Morgan fingerprint density at radius 2 is 2.06 bits per heavy atom. The van der Waals surface area contributed by atoms with E-state index in [2.05, 4.69) is 0 Å². The van der Waals surface area contributed by atoms with E-state index in [1.807, 2.05) is 0 Å². The summed E-state index contributed by atoms with van der Waals surface area (Å²) < 4.78 is 5.07. The minimum Gasteiger partial charge on any atom is -0.479 e. The zero-order valence-electron chi connectivity index (χ0n) is 9.73. The number of hydrogen-bond acceptors (Lipinski definition) is 4. The van der Waals surface area contributed by atoms with Gasteiger partial charge in [-0.2, -0.15) is 5.06 Å². The highest BCUT2D eigenvalue weighted by atomic mass is 16.7. The van der Waals surface area contributed by atoms with Crippen molar-refractivity contribution in [2.75, 3.05) is 6.54 Å². The third-order valence-electron chi connectivity index (χ3n) is 1.95. The zero-order chi connectivity index (χ0) is 12.3. The van der Waals surface area contributed by atoms with Crippen LogP contribution in [0.3, 0.4) is 0 Å². The largest absolute Gasteiger partial charge is 0.479 e. The summed E-state index contributed by atoms with van der Waals surface area (Å²) in [6.45, 7) is 5.58. The molecular formula is C10H17NO5. The molecule has 1 saturated heterocycles. The topological polar surface area (TPSA) is 76.1 Å². The van der Waals surface area contributed by atoms with Gasteiger partial charge in [-0.3, -0.25) is 4.84 Å². The molecular weight excluding hydrogens is 214 g/mol. The smallest absolute Gasteiger partial charge is 0.434 e. The van der Waals surface area contributed by atoms with Crippen molar-refractivity contribution in [1.29, 1.82) is 0 Å². The Morgan fingerprint density at radius 1 is 1.44 bits per heavy atom. The van der Waals surface area contributed by atoms with Crippen LogP contribution in [-0.4, -0.2) is 40.5 Å². The molecule has 1 N–H and O–H groups in total. The van der Waals surface area contributed by atoms with Gasteiger partial charge in [-0.1, -0.05) is 0 Å². The second-order valence-electron chi connectivity index (χ2n) is 4.66. The Labute approximate surface area is 94.1 Å². The molecule has 1 aliphatic rings. The average molecular weight is 231 g/mol. The van der Waals surface area contributed by atoms with Crippen LogP contribution in [0.5, 0.6) is 0 Å². The normalized spacial score (nSPS) is 21.7. The maximum Gasteiger partial charge on any atom is 0.434 e. The predicted octanol–water partition coefficient (Wildman–Crippen LogP) is 1.40. The first-order valence-electron chi connectivity index (χ1n) is 5.20. The minimum atomic E-state index is -1.06. The van der Waals surface area contributed by atoms with Crippen LogP contribution in [0.4, 0.5) is 4.79 Å². The summed E-state index contributed by atoms with van der Waals surface area (Å²) in [5.74, 6) is -1.06. The highest BCUT2D eigenvalue weighted by Crippen LogP contribution is 2.17. The number of aliphatic carboxylic acids is 1. The van der Waals surface area contributed by atoms with E-state index < -0.39 is 23.8 Å². The van der Waals surface area contributed by atoms with Gasteiger partial charge in [0.2, 0.25) is 0 Å². The Bertz CT molecular complexity index is 283. The molecule has 1 aliphatic heterocycles. The maximum atomic E-state index is 11.6. The SMILES string of the molecule is CC(C)(C)OC(=O)N1CCCC(C(=O)O)O1. The molecule has 0 saturated carbocycles. The van der Waals surface area contributed by atoms with Crippen molar-refractivity contribution < 1.29 is 24.3 Å². The molecule has 0 aromatic heterocycles. The number of ether oxygens (including phenoxy) is 1. The molecule has 0 bridgehead atoms. The van der Waals surface area contributed by atoms with Crippen molar-refractivity contribution in [2.24, 2.45) is 0 Å². The number of carboxylic acid groups (broad SMARTS) is 1. The average Bonchev–Trinajstić information content (AvgIpc) is 2.15. The fraction of sp³-hybridized carbons (Fsp3) is 0.800. The molecule has 6 nitrogen and oxygen atoms in total. The van der Waals surface area contributed by atoms with E-state index in [0.717, 1.165) is 5.06 Å². The molecule has 0 radical (unpaired) electrons. The summed E-state index contributed by atoms with van der Waals surface area (Å²) in [6, 6.07) is 0. The standard InChI is InChI=1S/C10H17NO5/c1-10(2,3)15-9(14)11-6-4-5-7(16-11)8(12)13/h7H,4-6H2,1-3H3,(H,12,13). The summed E-state index contributed by atoms with van der Waals surface area (Å²) in [4.78, 5) is 27.3. The maximum absolute atomic E-state index is 11.6. The van der Waals surface area contributed by atoms with Crippen LogP contribution in [0, 0.1) is 0 Å². The molecule has 92 valence electrons. The fourth-order valence-corrected chi connectivity index (χ4v) is 1.30. The zero-order valence-corrected chi connectivity index (χ0v) is 9.73. The lowest BCUT2D eigenvalue weighted by molar-refractivity contribution is -0.214. The van der Waals surface area contributed by atoms with E-state index in [1.54, 1.807) is 20.8 Å². The molecule has 1 amide bonds. The van der Waals surface area contributed by atoms with Crippen molar-refractivity contribution in [1.82, 2.24) is 5.06 Å². The first kappa shape index (κ1) is 12.8. The quantitative estimate of drug-likeness (QED) is 0.738. The van der Waals surface area contributed by atoms with Crippen LogP contribution >= 0.6 is 0 Å². The summed E-state index contributed by atoms with van der Waals surface area (Å²) in [5, 5.41) is 9.75. The number of carbonyl (C=O) groups excluding carboxylic acids is 1. The van der Waals surface area contributed by atoms with Crippen molar-refractivity contribution in [3.63, 3.8) is 0 Å². The van der Waals surface area contributed by atoms with E-state index in [-0.39, 0.29) is 0 Å². The molecule has 1 unspecified atom stereocenters. The number of carbonyl (C=O) groups is 2. The van der Waals surface area contributed by atoms with Gasteiger partial charge in [-0.05, 0) is 33.6 Å². The molecule has 0 spiro atoms. The monoisotopic (exact) mass is 231 g/mol. The predicted molar refractivity (Wildman–Crippen MR) is 54.7 cm³/mol. The Balaban J connectivity index is 2.54. The number of carboxylic acids is 1. The number of hydrogen-bond donors (Lipinski definition) is 1. The highest BCUT2D eigenvalue weighted by Gasteiger charge is 2.32. The Morgan fingerprint density at radius 3 is 2.56 bits per heavy atom. The van der Waals surface area contributed by atoms with Crippen molar-refractivity contribution >= 4 is 12.1 Å². The molecule has 0 aromatic rings. The van der Waals surface area contributed by atoms with Gasteiger partial charge in [-0.15, -0.1) is 0 Å². The summed E-state index contributed by atoms with van der Waals surface area (Å²) >= 11 is 0. The van der Waals surface area contributed by atoms with Gasteiger partial charge in [0.1, 0.15) is 5.60 Å². The van der Waals surface area contributed by atoms with Gasteiger partial charge >= 0.3 is 12.1 Å². The number of hydroxylamine groups is 2. The molecule has 1 fully saturated rings. The van der Waals surface area contributed by atoms with Crippen molar-refractivity contribution in [3.8, 4) is 0 Å². The van der Waals surface area contributed by atoms with Crippen LogP contribution in [0.25, 0.3) is 0 Å². The minimum absolute atomic E-state index is 0.360. The van der Waals surface area contributed by atoms with Gasteiger partial charge in [0.15, 0.2) is 6.10 Å². The fourth-order valence-electron chi connectivity index (χ4n) is 1.30. The molecule has 1 atom stereocenters. The van der Waals surface area contributed by atoms with Crippen LogP contribution in [0.15, 0.2) is 0 Å². The van der Waals surface area contributed by atoms with Crippen LogP contribution in [-0.2, 0) is 14.4 Å². The lowest BCUT2D eigenvalue weighted by Crippen LogP contribution is -2.45. The lowest BCUT2D eigenvalue weighted by atomic mass is 10.2. The molecule has 16 heavy (non-hydrogen) atoms. The van der Waals surface area contributed by atoms with E-state index in [0.29, 0.717) is 19.4 Å².